The number of carbonyl (C=O) groups excluding carboxylic acids is 2. The number of para-hydroxylation sites is 2. The molecule has 0 aliphatic carbocycles. The van der Waals surface area contributed by atoms with Crippen LogP contribution >= 0.6 is 31.9 Å². The van der Waals surface area contributed by atoms with Crippen molar-refractivity contribution in [2.24, 2.45) is 0 Å². The highest BCUT2D eigenvalue weighted by Gasteiger charge is 2.20. The molecule has 0 fully saturated rings. The van der Waals surface area contributed by atoms with E-state index in [1.807, 2.05) is 82.9 Å². The van der Waals surface area contributed by atoms with Crippen molar-refractivity contribution in [3.63, 3.8) is 0 Å². The number of carbonyl (C=O) groups is 2. The molecule has 6 nitrogen and oxygen atoms in total. The molecule has 4 rings (SSSR count). The van der Waals surface area contributed by atoms with E-state index in [1.165, 1.54) is 0 Å². The summed E-state index contributed by atoms with van der Waals surface area (Å²) in [6, 6.07) is 23.4. The molecule has 0 unspecified atom stereocenters. The molecule has 0 N–H and O–H groups in total. The number of hydrogen-bond donors (Lipinski definition) is 0. The predicted octanol–water partition coefficient (Wildman–Crippen LogP) is 7.27. The second kappa shape index (κ2) is 13.3. The molecule has 0 atom stereocenters. The van der Waals surface area contributed by atoms with Crippen molar-refractivity contribution in [1.82, 2.24) is 9.13 Å². The van der Waals surface area contributed by atoms with Gasteiger partial charge in [0.2, 0.25) is 0 Å². The van der Waals surface area contributed by atoms with Crippen molar-refractivity contribution in [2.45, 2.75) is 26.1 Å². The molecule has 188 valence electrons. The standard InChI is InChI=1S/C14H13Br2NO2.C14H15NO2/c1-2-19-14(18)11-8-13(16)17(12(11)9-15)10-6-4-3-5-7-10;1-3-17-14(16)13-9-10-15(11(13)2)12-7-5-4-6-8-12/h3-8H,2,9H2,1H3;4-10H,3H2,1-2H3. The number of ether oxygens (including phenoxy) is 2. The molecular weight excluding hydrogens is 588 g/mol. The average molecular weight is 616 g/mol. The summed E-state index contributed by atoms with van der Waals surface area (Å²) in [6.45, 7) is 6.29. The average Bonchev–Trinajstić information content (AvgIpc) is 3.45. The highest BCUT2D eigenvalue weighted by molar-refractivity contribution is 9.10. The largest absolute Gasteiger partial charge is 0.462 e. The summed E-state index contributed by atoms with van der Waals surface area (Å²) in [4.78, 5) is 23.6. The van der Waals surface area contributed by atoms with Crippen LogP contribution < -0.4 is 0 Å². The number of halogens is 2. The Kier molecular flexibility index (Phi) is 10.1. The van der Waals surface area contributed by atoms with Crippen LogP contribution in [0.15, 0.2) is 83.6 Å². The lowest BCUT2D eigenvalue weighted by molar-refractivity contribution is 0.0516. The van der Waals surface area contributed by atoms with Gasteiger partial charge in [0.1, 0.15) is 0 Å². The number of benzene rings is 2. The first kappa shape index (κ1) is 27.5. The Labute approximate surface area is 228 Å². The molecule has 8 heteroatoms. The molecule has 0 saturated heterocycles. The lowest BCUT2D eigenvalue weighted by atomic mass is 10.2. The van der Waals surface area contributed by atoms with Gasteiger partial charge in [0.05, 0.1) is 28.9 Å². The van der Waals surface area contributed by atoms with Crippen LogP contribution in [0.2, 0.25) is 0 Å². The second-order valence-electron chi connectivity index (χ2n) is 7.59. The van der Waals surface area contributed by atoms with E-state index in [-0.39, 0.29) is 11.9 Å². The quantitative estimate of drug-likeness (QED) is 0.162. The first-order chi connectivity index (χ1) is 17.4. The van der Waals surface area contributed by atoms with Crippen molar-refractivity contribution in [1.29, 1.82) is 0 Å². The maximum Gasteiger partial charge on any atom is 0.340 e. The van der Waals surface area contributed by atoms with Gasteiger partial charge in [-0.25, -0.2) is 9.59 Å². The van der Waals surface area contributed by atoms with Gasteiger partial charge in [-0.1, -0.05) is 52.3 Å². The Morgan fingerprint density at radius 1 is 0.806 bits per heavy atom. The second-order valence-corrected chi connectivity index (χ2v) is 8.97. The summed E-state index contributed by atoms with van der Waals surface area (Å²) in [6.07, 6.45) is 1.89. The summed E-state index contributed by atoms with van der Waals surface area (Å²) in [5.74, 6) is -0.563. The zero-order valence-electron chi connectivity index (χ0n) is 20.4. The van der Waals surface area contributed by atoms with Gasteiger partial charge >= 0.3 is 11.9 Å². The molecule has 0 saturated carbocycles. The van der Waals surface area contributed by atoms with Crippen molar-refractivity contribution in [2.75, 3.05) is 13.2 Å². The SMILES string of the molecule is CCOC(=O)c1cc(Br)n(-c2ccccc2)c1CBr.CCOC(=O)c1ccn(-c2ccccc2)c1C. The first-order valence-electron chi connectivity index (χ1n) is 11.5. The highest BCUT2D eigenvalue weighted by Crippen LogP contribution is 2.28. The van der Waals surface area contributed by atoms with E-state index in [1.54, 1.807) is 26.0 Å². The first-order valence-corrected chi connectivity index (χ1v) is 13.4. The predicted molar refractivity (Wildman–Crippen MR) is 149 cm³/mol. The Bertz CT molecular complexity index is 1300. The topological polar surface area (TPSA) is 62.5 Å². The number of hydrogen-bond acceptors (Lipinski definition) is 4. The van der Waals surface area contributed by atoms with E-state index in [4.69, 9.17) is 9.47 Å². The van der Waals surface area contributed by atoms with E-state index in [2.05, 4.69) is 31.9 Å². The molecule has 2 aromatic heterocycles. The lowest BCUT2D eigenvalue weighted by Gasteiger charge is -2.10. The van der Waals surface area contributed by atoms with Crippen LogP contribution in [0.1, 0.15) is 46.0 Å². The zero-order chi connectivity index (χ0) is 26.1. The summed E-state index contributed by atoms with van der Waals surface area (Å²) in [5.41, 5.74) is 5.01. The van der Waals surface area contributed by atoms with E-state index in [0.717, 1.165) is 27.4 Å². The van der Waals surface area contributed by atoms with E-state index >= 15 is 0 Å². The highest BCUT2D eigenvalue weighted by atomic mass is 79.9. The minimum absolute atomic E-state index is 0.264. The van der Waals surface area contributed by atoms with Crippen LogP contribution in [-0.2, 0) is 14.8 Å². The third kappa shape index (κ3) is 6.36. The Hall–Kier alpha value is -3.10. The fraction of sp³-hybridized carbons (Fsp3) is 0.214. The number of rotatable bonds is 7. The number of nitrogens with zero attached hydrogens (tertiary/aromatic N) is 2. The van der Waals surface area contributed by atoms with Gasteiger partial charge in [0.15, 0.2) is 0 Å². The van der Waals surface area contributed by atoms with Crippen LogP contribution in [0, 0.1) is 6.92 Å². The zero-order valence-corrected chi connectivity index (χ0v) is 23.6. The van der Waals surface area contributed by atoms with Crippen LogP contribution in [0.4, 0.5) is 0 Å². The van der Waals surface area contributed by atoms with Crippen LogP contribution in [0.25, 0.3) is 11.4 Å². The molecule has 0 amide bonds. The third-order valence-electron chi connectivity index (χ3n) is 5.37. The minimum Gasteiger partial charge on any atom is -0.462 e. The van der Waals surface area contributed by atoms with Crippen molar-refractivity contribution in [3.05, 3.63) is 106 Å². The summed E-state index contributed by atoms with van der Waals surface area (Å²) >= 11 is 6.94. The van der Waals surface area contributed by atoms with Crippen molar-refractivity contribution < 1.29 is 19.1 Å². The Morgan fingerprint density at radius 2 is 1.33 bits per heavy atom. The van der Waals surface area contributed by atoms with Crippen molar-refractivity contribution >= 4 is 43.8 Å². The molecule has 0 bridgehead atoms. The van der Waals surface area contributed by atoms with Crippen LogP contribution in [0.3, 0.4) is 0 Å². The lowest BCUT2D eigenvalue weighted by Crippen LogP contribution is -2.08. The monoisotopic (exact) mass is 614 g/mol. The summed E-state index contributed by atoms with van der Waals surface area (Å²) in [5, 5.41) is 0.571. The maximum atomic E-state index is 11.9. The molecule has 36 heavy (non-hydrogen) atoms. The fourth-order valence-corrected chi connectivity index (χ4v) is 4.89. The van der Waals surface area contributed by atoms with Gasteiger partial charge in [0.25, 0.3) is 0 Å². The van der Waals surface area contributed by atoms with Gasteiger partial charge in [-0.15, -0.1) is 0 Å². The van der Waals surface area contributed by atoms with Crippen molar-refractivity contribution in [3.8, 4) is 11.4 Å². The van der Waals surface area contributed by atoms with Crippen LogP contribution in [-0.4, -0.2) is 34.3 Å². The number of esters is 2. The molecule has 4 aromatic rings. The normalized spacial score (nSPS) is 10.4. The van der Waals surface area contributed by atoms with E-state index in [9.17, 15) is 9.59 Å². The van der Waals surface area contributed by atoms with E-state index in [0.29, 0.717) is 29.7 Å². The van der Waals surface area contributed by atoms with E-state index < -0.39 is 0 Å². The van der Waals surface area contributed by atoms with Gasteiger partial charge in [-0.3, -0.25) is 0 Å². The minimum atomic E-state index is -0.299. The summed E-state index contributed by atoms with van der Waals surface area (Å²) < 4.78 is 14.9. The molecule has 0 aliphatic rings. The maximum absolute atomic E-state index is 11.9. The number of alkyl halides is 1. The molecule has 0 radical (unpaired) electrons. The molecule has 0 aliphatic heterocycles. The molecule has 0 spiro atoms. The molecule has 2 heterocycles. The fourth-order valence-electron chi connectivity index (χ4n) is 3.69. The molecular formula is C28H28Br2N2O4. The van der Waals surface area contributed by atoms with Gasteiger partial charge in [0, 0.05) is 34.3 Å². The smallest absolute Gasteiger partial charge is 0.340 e. The van der Waals surface area contributed by atoms with Gasteiger partial charge < -0.3 is 18.6 Å². The molecule has 2 aromatic carbocycles. The summed E-state index contributed by atoms with van der Waals surface area (Å²) in [7, 11) is 0. The van der Waals surface area contributed by atoms with Gasteiger partial charge in [-0.05, 0) is 73.1 Å². The Balaban J connectivity index is 0.000000202. The number of aromatic nitrogens is 2. The van der Waals surface area contributed by atoms with Gasteiger partial charge in [-0.2, -0.15) is 0 Å². The third-order valence-corrected chi connectivity index (χ3v) is 6.48. The van der Waals surface area contributed by atoms with Crippen LogP contribution in [0.5, 0.6) is 0 Å². The Morgan fingerprint density at radius 3 is 1.86 bits per heavy atom.